The van der Waals surface area contributed by atoms with Crippen LogP contribution in [0.1, 0.15) is 0 Å². The largest absolute Gasteiger partial charge is 2.00 e. The number of hydrogen-bond acceptors (Lipinski definition) is 8. The van der Waals surface area contributed by atoms with Gasteiger partial charge in [-0.3, -0.25) is 0 Å². The summed E-state index contributed by atoms with van der Waals surface area (Å²) in [6, 6.07) is 0. The van der Waals surface area contributed by atoms with Crippen molar-refractivity contribution < 1.29 is 127 Å². The minimum absolute atomic E-state index is 0. The molecule has 0 rings (SSSR count). The molecule has 0 aliphatic heterocycles. The van der Waals surface area contributed by atoms with Crippen molar-refractivity contribution in [2.45, 2.75) is 24.7 Å². The predicted molar refractivity (Wildman–Crippen MR) is 44.2 cm³/mol. The molecule has 0 spiro atoms. The molecule has 0 aromatic rings. The summed E-state index contributed by atoms with van der Waals surface area (Å²) in [7, 11) is 0. The zero-order chi connectivity index (χ0) is 24.3. The van der Waals surface area contributed by atoms with Crippen LogP contribution < -0.4 is 20.4 Å². The molecule has 0 aromatic carbocycles. The van der Waals surface area contributed by atoms with E-state index in [1.807, 2.05) is 0 Å². The molecular weight excluding hydrogens is 556 g/mol. The molecule has 0 saturated heterocycles. The van der Waals surface area contributed by atoms with E-state index in [4.69, 9.17) is 39.6 Å². The van der Waals surface area contributed by atoms with E-state index in [2.05, 4.69) is 0 Å². The molecule has 22 heteroatoms. The Morgan fingerprint density at radius 2 is 0.400 bits per heavy atom. The van der Waals surface area contributed by atoms with Crippen molar-refractivity contribution in [2.24, 2.45) is 0 Å². The number of halogens is 12. The Balaban J connectivity index is -0.0000000626. The smallest absolute Gasteiger partial charge is 0.542 e. The van der Waals surface area contributed by atoms with Gasteiger partial charge >= 0.3 is 59.4 Å². The van der Waals surface area contributed by atoms with E-state index in [1.54, 1.807) is 0 Å². The van der Waals surface area contributed by atoms with Crippen LogP contribution in [0.5, 0.6) is 0 Å². The summed E-state index contributed by atoms with van der Waals surface area (Å²) >= 11 is 0. The predicted octanol–water partition coefficient (Wildman–Crippen LogP) is -2.81. The van der Waals surface area contributed by atoms with Crippen molar-refractivity contribution in [1.82, 2.24) is 0 Å². The van der Waals surface area contributed by atoms with Crippen LogP contribution in [0.25, 0.3) is 0 Å². The summed E-state index contributed by atoms with van der Waals surface area (Å²) in [6.07, 6.45) is -20.8. The molecule has 0 aromatic heterocycles. The van der Waals surface area contributed by atoms with Crippen LogP contribution in [0.3, 0.4) is 0 Å². The summed E-state index contributed by atoms with van der Waals surface area (Å²) in [5, 5.41) is 35.1. The average Bonchev–Trinajstić information content (AvgIpc) is 2.35. The van der Waals surface area contributed by atoms with Gasteiger partial charge in [-0.05, 0) is 0 Å². The SMILES string of the molecule is O=C([O-])C(F)(F)F.O=C([O-])C(F)(F)F.O=C([O-])C(F)(F)F.O=C([O-])C(F)(F)F.[Cr+2].[Cr+2]. The summed E-state index contributed by atoms with van der Waals surface area (Å²) in [5.74, 6) is -12.0. The Hall–Kier alpha value is -1.90. The van der Waals surface area contributed by atoms with Gasteiger partial charge in [0.25, 0.3) is 0 Å². The summed E-state index contributed by atoms with van der Waals surface area (Å²) in [6.45, 7) is 0. The van der Waals surface area contributed by atoms with Crippen LogP contribution in [0.15, 0.2) is 0 Å². The molecule has 0 heterocycles. The number of hydrogen-bond donors (Lipinski definition) is 0. The van der Waals surface area contributed by atoms with Crippen molar-refractivity contribution in [1.29, 1.82) is 0 Å². The van der Waals surface area contributed by atoms with Gasteiger partial charge in [-0.1, -0.05) is 0 Å². The second-order valence-electron chi connectivity index (χ2n) is 3.14. The van der Waals surface area contributed by atoms with Gasteiger partial charge in [0.05, 0.1) is 0 Å². The second-order valence-corrected chi connectivity index (χ2v) is 3.14. The molecule has 0 unspecified atom stereocenters. The quantitative estimate of drug-likeness (QED) is 0.289. The molecule has 0 amide bonds. The van der Waals surface area contributed by atoms with Crippen molar-refractivity contribution in [3.63, 3.8) is 0 Å². The number of carboxylic acids is 4. The van der Waals surface area contributed by atoms with Crippen LogP contribution in [0.4, 0.5) is 52.7 Å². The Labute approximate surface area is 176 Å². The zero-order valence-corrected chi connectivity index (χ0v) is 15.2. The third kappa shape index (κ3) is 33.7. The van der Waals surface area contributed by atoms with E-state index in [1.165, 1.54) is 0 Å². The summed E-state index contributed by atoms with van der Waals surface area (Å²) in [4.78, 5) is 35.1. The monoisotopic (exact) mass is 556 g/mol. The number of carbonyl (C=O) groups is 4. The van der Waals surface area contributed by atoms with Gasteiger partial charge in [-0.2, -0.15) is 52.7 Å². The number of rotatable bonds is 0. The van der Waals surface area contributed by atoms with Gasteiger partial charge in [0.2, 0.25) is 0 Å². The minimum atomic E-state index is -5.19. The van der Waals surface area contributed by atoms with Crippen LogP contribution >= 0.6 is 0 Å². The maximum atomic E-state index is 10.5. The van der Waals surface area contributed by atoms with E-state index in [9.17, 15) is 52.7 Å². The van der Waals surface area contributed by atoms with Gasteiger partial charge in [-0.25, -0.2) is 0 Å². The van der Waals surface area contributed by atoms with Gasteiger partial charge in [0.15, 0.2) is 0 Å². The standard InChI is InChI=1S/4C2HF3O2.2Cr/c4*3-2(4,5)1(6)7;;/h4*(H,6,7);;/q;;;;2*+2/p-4. The molecular formula is C8Cr2F12O8. The van der Waals surface area contributed by atoms with E-state index in [0.717, 1.165) is 0 Å². The average molecular weight is 556 g/mol. The maximum Gasteiger partial charge on any atom is 2.00 e. The van der Waals surface area contributed by atoms with Crippen molar-refractivity contribution >= 4 is 23.9 Å². The fraction of sp³-hybridized carbons (Fsp3) is 0.500. The number of alkyl halides is 12. The molecule has 176 valence electrons. The normalized spacial score (nSPS) is 10.5. The third-order valence-electron chi connectivity index (χ3n) is 0.926. The number of aliphatic carboxylic acids is 4. The minimum Gasteiger partial charge on any atom is -0.542 e. The van der Waals surface area contributed by atoms with Crippen LogP contribution in [0.2, 0.25) is 0 Å². The van der Waals surface area contributed by atoms with E-state index < -0.39 is 48.6 Å². The summed E-state index contributed by atoms with van der Waals surface area (Å²) in [5.41, 5.74) is 0. The topological polar surface area (TPSA) is 161 Å². The molecule has 0 fully saturated rings. The molecule has 0 aliphatic rings. The molecule has 0 bridgehead atoms. The fourth-order valence-electron chi connectivity index (χ4n) is 0. The first-order valence-corrected chi connectivity index (χ1v) is 4.90. The Kier molecular flexibility index (Phi) is 22.4. The summed E-state index contributed by atoms with van der Waals surface area (Å²) < 4.78 is 126. The van der Waals surface area contributed by atoms with Crippen LogP contribution in [0, 0.1) is 0 Å². The number of carboxylic acid groups (broad SMARTS) is 4. The van der Waals surface area contributed by atoms with Gasteiger partial charge in [0, 0.05) is 0 Å². The molecule has 0 atom stereocenters. The van der Waals surface area contributed by atoms with Gasteiger partial charge in [-0.15, -0.1) is 0 Å². The van der Waals surface area contributed by atoms with Gasteiger partial charge < -0.3 is 39.6 Å². The second kappa shape index (κ2) is 15.9. The first-order valence-electron chi connectivity index (χ1n) is 4.90. The molecule has 0 radical (unpaired) electrons. The Bertz CT molecular complexity index is 440. The molecule has 0 aliphatic carbocycles. The van der Waals surface area contributed by atoms with Crippen molar-refractivity contribution in [2.75, 3.05) is 0 Å². The number of carbonyl (C=O) groups excluding carboxylic acids is 4. The zero-order valence-electron chi connectivity index (χ0n) is 12.6. The Morgan fingerprint density at radius 1 is 0.367 bits per heavy atom. The molecule has 0 saturated carbocycles. The van der Waals surface area contributed by atoms with Crippen molar-refractivity contribution in [3.05, 3.63) is 0 Å². The molecule has 30 heavy (non-hydrogen) atoms. The Morgan fingerprint density at radius 3 is 0.400 bits per heavy atom. The first kappa shape index (κ1) is 42.3. The van der Waals surface area contributed by atoms with Crippen LogP contribution in [-0.4, -0.2) is 48.6 Å². The van der Waals surface area contributed by atoms with E-state index in [-0.39, 0.29) is 34.7 Å². The van der Waals surface area contributed by atoms with E-state index in [0.29, 0.717) is 0 Å². The van der Waals surface area contributed by atoms with E-state index >= 15 is 0 Å². The van der Waals surface area contributed by atoms with Crippen LogP contribution in [-0.2, 0) is 53.9 Å². The third-order valence-corrected chi connectivity index (χ3v) is 0.926. The van der Waals surface area contributed by atoms with Crippen molar-refractivity contribution in [3.8, 4) is 0 Å². The van der Waals surface area contributed by atoms with Gasteiger partial charge in [0.1, 0.15) is 23.9 Å². The maximum absolute atomic E-state index is 10.5. The molecule has 8 nitrogen and oxygen atoms in total. The fourth-order valence-corrected chi connectivity index (χ4v) is 0. The molecule has 0 N–H and O–H groups in total. The first-order chi connectivity index (χ1) is 11.8.